The van der Waals surface area contributed by atoms with E-state index in [1.807, 2.05) is 0 Å². The average Bonchev–Trinajstić information content (AvgIpc) is 3.09. The number of fused-ring (bicyclic) bond motifs is 1. The number of carbonyl (C=O) groups is 1. The third-order valence-electron chi connectivity index (χ3n) is 3.93. The number of rotatable bonds is 4. The monoisotopic (exact) mass is 338 g/mol. The van der Waals surface area contributed by atoms with Gasteiger partial charge in [0.2, 0.25) is 0 Å². The highest BCUT2D eigenvalue weighted by molar-refractivity contribution is 7.91. The summed E-state index contributed by atoms with van der Waals surface area (Å²) in [5.74, 6) is 0.986. The number of nitrogens with one attached hydrogen (secondary N) is 2. The number of methoxy groups -OCH3 is 2. The predicted molar refractivity (Wildman–Crippen MR) is 85.9 cm³/mol. The second kappa shape index (κ2) is 5.77. The maximum absolute atomic E-state index is 12.3. The Morgan fingerprint density at radius 1 is 1.26 bits per heavy atom. The van der Waals surface area contributed by atoms with Crippen molar-refractivity contribution in [2.45, 2.75) is 12.5 Å². The van der Waals surface area contributed by atoms with Crippen molar-refractivity contribution in [1.29, 1.82) is 0 Å². The number of amides is 1. The molecule has 1 aromatic carbocycles. The number of H-pyrrole nitrogens is 1. The molecule has 0 spiro atoms. The molecule has 1 unspecified atom stereocenters. The number of sulfone groups is 1. The lowest BCUT2D eigenvalue weighted by atomic mass is 10.2. The van der Waals surface area contributed by atoms with Crippen molar-refractivity contribution in [1.82, 2.24) is 10.3 Å². The smallest absolute Gasteiger partial charge is 0.267 e. The summed E-state index contributed by atoms with van der Waals surface area (Å²) < 4.78 is 33.4. The van der Waals surface area contributed by atoms with Crippen molar-refractivity contribution < 1.29 is 22.7 Å². The fourth-order valence-electron chi connectivity index (χ4n) is 2.76. The van der Waals surface area contributed by atoms with Crippen LogP contribution in [0.5, 0.6) is 11.5 Å². The van der Waals surface area contributed by atoms with Gasteiger partial charge >= 0.3 is 0 Å². The number of hydrogen-bond donors (Lipinski definition) is 2. The molecule has 1 aromatic heterocycles. The molecule has 0 bridgehead atoms. The van der Waals surface area contributed by atoms with Crippen LogP contribution in [0.2, 0.25) is 0 Å². The van der Waals surface area contributed by atoms with E-state index in [0.29, 0.717) is 29.1 Å². The molecule has 124 valence electrons. The molecule has 1 atom stereocenters. The first-order valence-electron chi connectivity index (χ1n) is 7.18. The first-order valence-corrected chi connectivity index (χ1v) is 9.00. The SMILES string of the molecule is COc1cc(OC)c2[nH]c(C(=O)NC3CCS(=O)(=O)C3)cc2c1. The Hall–Kier alpha value is -2.22. The number of aromatic nitrogens is 1. The number of carbonyl (C=O) groups excluding carboxylic acids is 1. The number of aromatic amines is 1. The highest BCUT2D eigenvalue weighted by atomic mass is 32.2. The van der Waals surface area contributed by atoms with Crippen LogP contribution in [0, 0.1) is 0 Å². The molecule has 8 heteroatoms. The zero-order valence-corrected chi connectivity index (χ0v) is 13.7. The molecule has 0 saturated carbocycles. The Balaban J connectivity index is 1.86. The third kappa shape index (κ3) is 3.12. The molecule has 3 rings (SSSR count). The molecule has 1 saturated heterocycles. The molecule has 0 radical (unpaired) electrons. The highest BCUT2D eigenvalue weighted by Crippen LogP contribution is 2.31. The van der Waals surface area contributed by atoms with Gasteiger partial charge in [-0.15, -0.1) is 0 Å². The first-order chi connectivity index (χ1) is 10.9. The van der Waals surface area contributed by atoms with Crippen molar-refractivity contribution in [3.05, 3.63) is 23.9 Å². The summed E-state index contributed by atoms with van der Waals surface area (Å²) >= 11 is 0. The van der Waals surface area contributed by atoms with E-state index in [1.54, 1.807) is 25.3 Å². The maximum Gasteiger partial charge on any atom is 0.267 e. The van der Waals surface area contributed by atoms with Gasteiger partial charge in [-0.25, -0.2) is 8.42 Å². The predicted octanol–water partition coefficient (Wildman–Crippen LogP) is 1.10. The van der Waals surface area contributed by atoms with Crippen LogP contribution in [0.4, 0.5) is 0 Å². The van der Waals surface area contributed by atoms with Gasteiger partial charge in [0.15, 0.2) is 9.84 Å². The van der Waals surface area contributed by atoms with E-state index in [2.05, 4.69) is 10.3 Å². The van der Waals surface area contributed by atoms with Crippen LogP contribution in [0.1, 0.15) is 16.9 Å². The van der Waals surface area contributed by atoms with Crippen molar-refractivity contribution in [3.8, 4) is 11.5 Å². The Bertz CT molecular complexity index is 856. The zero-order valence-electron chi connectivity index (χ0n) is 12.9. The van der Waals surface area contributed by atoms with Gasteiger partial charge in [-0.2, -0.15) is 0 Å². The van der Waals surface area contributed by atoms with Crippen LogP contribution in [-0.2, 0) is 9.84 Å². The van der Waals surface area contributed by atoms with Gasteiger partial charge in [0, 0.05) is 17.5 Å². The first kappa shape index (κ1) is 15.7. The fourth-order valence-corrected chi connectivity index (χ4v) is 4.43. The molecular weight excluding hydrogens is 320 g/mol. The van der Waals surface area contributed by atoms with Gasteiger partial charge in [-0.05, 0) is 18.6 Å². The summed E-state index contributed by atoms with van der Waals surface area (Å²) in [4.78, 5) is 15.3. The fraction of sp³-hybridized carbons (Fsp3) is 0.400. The van der Waals surface area contributed by atoms with E-state index in [0.717, 1.165) is 5.39 Å². The molecule has 1 amide bonds. The van der Waals surface area contributed by atoms with Gasteiger partial charge in [0.25, 0.3) is 5.91 Å². The van der Waals surface area contributed by atoms with Gasteiger partial charge in [0.05, 0.1) is 31.2 Å². The Labute approximate surface area is 133 Å². The Kier molecular flexibility index (Phi) is 3.93. The molecule has 0 aliphatic carbocycles. The van der Waals surface area contributed by atoms with Crippen molar-refractivity contribution in [3.63, 3.8) is 0 Å². The molecule has 2 N–H and O–H groups in total. The maximum atomic E-state index is 12.3. The topological polar surface area (TPSA) is 97.5 Å². The van der Waals surface area contributed by atoms with E-state index < -0.39 is 9.84 Å². The minimum absolute atomic E-state index is 0.00386. The van der Waals surface area contributed by atoms with Crippen molar-refractivity contribution in [2.24, 2.45) is 0 Å². The van der Waals surface area contributed by atoms with E-state index in [1.165, 1.54) is 7.11 Å². The number of hydrogen-bond acceptors (Lipinski definition) is 5. The second-order valence-corrected chi connectivity index (χ2v) is 7.78. The second-order valence-electron chi connectivity index (χ2n) is 5.55. The largest absolute Gasteiger partial charge is 0.497 e. The summed E-state index contributed by atoms with van der Waals surface area (Å²) in [7, 11) is 0.0678. The van der Waals surface area contributed by atoms with Crippen LogP contribution >= 0.6 is 0 Å². The molecule has 1 fully saturated rings. The standard InChI is InChI=1S/C15H18N2O5S/c1-21-11-5-9-6-12(17-14(9)13(7-11)22-2)15(18)16-10-3-4-23(19,20)8-10/h5-7,10,17H,3-4,8H2,1-2H3,(H,16,18). The van der Waals surface area contributed by atoms with Crippen LogP contribution in [0.15, 0.2) is 18.2 Å². The minimum atomic E-state index is -3.03. The van der Waals surface area contributed by atoms with E-state index in [-0.39, 0.29) is 23.5 Å². The Morgan fingerprint density at radius 2 is 2.04 bits per heavy atom. The highest BCUT2D eigenvalue weighted by Gasteiger charge is 2.29. The van der Waals surface area contributed by atoms with E-state index in [4.69, 9.17) is 9.47 Å². The summed E-state index contributed by atoms with van der Waals surface area (Å²) in [5.41, 5.74) is 1.05. The lowest BCUT2D eigenvalue weighted by Crippen LogP contribution is -2.35. The quantitative estimate of drug-likeness (QED) is 0.870. The molecule has 2 aromatic rings. The van der Waals surface area contributed by atoms with Crippen LogP contribution in [-0.4, -0.2) is 51.1 Å². The molecular formula is C15H18N2O5S. The number of ether oxygens (including phenoxy) is 2. The van der Waals surface area contributed by atoms with Crippen molar-refractivity contribution >= 4 is 26.6 Å². The van der Waals surface area contributed by atoms with Crippen LogP contribution in [0.25, 0.3) is 10.9 Å². The molecule has 1 aliphatic rings. The molecule has 23 heavy (non-hydrogen) atoms. The molecule has 7 nitrogen and oxygen atoms in total. The summed E-state index contributed by atoms with van der Waals surface area (Å²) in [6.07, 6.45) is 0.450. The zero-order chi connectivity index (χ0) is 16.6. The van der Waals surface area contributed by atoms with Crippen molar-refractivity contribution in [2.75, 3.05) is 25.7 Å². The van der Waals surface area contributed by atoms with Crippen LogP contribution in [0.3, 0.4) is 0 Å². The normalized spacial score (nSPS) is 19.7. The Morgan fingerprint density at radius 3 is 2.65 bits per heavy atom. The summed E-state index contributed by atoms with van der Waals surface area (Å²) in [6, 6.07) is 4.88. The summed E-state index contributed by atoms with van der Waals surface area (Å²) in [5, 5.41) is 3.54. The third-order valence-corrected chi connectivity index (χ3v) is 5.70. The van der Waals surface area contributed by atoms with Crippen LogP contribution < -0.4 is 14.8 Å². The average molecular weight is 338 g/mol. The van der Waals surface area contributed by atoms with E-state index >= 15 is 0 Å². The van der Waals surface area contributed by atoms with E-state index in [9.17, 15) is 13.2 Å². The lowest BCUT2D eigenvalue weighted by molar-refractivity contribution is 0.0937. The number of benzene rings is 1. The molecule has 2 heterocycles. The van der Waals surface area contributed by atoms with Gasteiger partial charge in [-0.3, -0.25) is 4.79 Å². The summed E-state index contributed by atoms with van der Waals surface area (Å²) in [6.45, 7) is 0. The van der Waals surface area contributed by atoms with Gasteiger partial charge < -0.3 is 19.8 Å². The molecule has 1 aliphatic heterocycles. The van der Waals surface area contributed by atoms with Gasteiger partial charge in [-0.1, -0.05) is 0 Å². The lowest BCUT2D eigenvalue weighted by Gasteiger charge is -2.09. The minimum Gasteiger partial charge on any atom is -0.497 e. The van der Waals surface area contributed by atoms with Gasteiger partial charge in [0.1, 0.15) is 17.2 Å².